The molecule has 100 valence electrons. The van der Waals surface area contributed by atoms with Crippen LogP contribution >= 0.6 is 23.2 Å². The molecule has 1 aromatic carbocycles. The number of nitrogens with zero attached hydrogens (tertiary/aromatic N) is 1. The normalized spacial score (nSPS) is 14.5. The van der Waals surface area contributed by atoms with Gasteiger partial charge >= 0.3 is 0 Å². The van der Waals surface area contributed by atoms with Crippen LogP contribution in [-0.4, -0.2) is 33.3 Å². The van der Waals surface area contributed by atoms with Gasteiger partial charge in [0.05, 0.1) is 11.5 Å². The van der Waals surface area contributed by atoms with E-state index in [1.54, 1.807) is 0 Å². The van der Waals surface area contributed by atoms with E-state index in [1.165, 1.54) is 31.4 Å². The molecule has 0 aromatic heterocycles. The molecule has 0 fully saturated rings. The van der Waals surface area contributed by atoms with Gasteiger partial charge in [0.1, 0.15) is 11.2 Å². The Bertz CT molecular complexity index is 529. The fourth-order valence-corrected chi connectivity index (χ4v) is 2.44. The predicted octanol–water partition coefficient (Wildman–Crippen LogP) is 1.64. The molecule has 0 saturated carbocycles. The fourth-order valence-electron chi connectivity index (χ4n) is 1.09. The molecule has 0 saturated heterocycles. The summed E-state index contributed by atoms with van der Waals surface area (Å²) < 4.78 is 31.9. The molecule has 5 nitrogen and oxygen atoms in total. The van der Waals surface area contributed by atoms with Gasteiger partial charge in [0.2, 0.25) is 0 Å². The average Bonchev–Trinajstić information content (AvgIpc) is 2.29. The maximum atomic E-state index is 11.9. The summed E-state index contributed by atoms with van der Waals surface area (Å²) in [5.74, 6) is -0.214. The van der Waals surface area contributed by atoms with Crippen LogP contribution in [0.15, 0.2) is 33.6 Å². The minimum absolute atomic E-state index is 0.00358. The molecular weight excluding hydrogens is 299 g/mol. The first kappa shape index (κ1) is 15.2. The Labute approximate surface area is 116 Å². The van der Waals surface area contributed by atoms with Gasteiger partial charge in [-0.3, -0.25) is 0 Å². The summed E-state index contributed by atoms with van der Waals surface area (Å²) in [5, 5.41) is -0.363. The zero-order valence-corrected chi connectivity index (χ0v) is 11.8. The van der Waals surface area contributed by atoms with Gasteiger partial charge in [-0.1, -0.05) is 11.6 Å². The molecule has 1 rings (SSSR count). The van der Waals surface area contributed by atoms with E-state index < -0.39 is 15.4 Å². The van der Waals surface area contributed by atoms with Gasteiger partial charge < -0.3 is 10.5 Å². The van der Waals surface area contributed by atoms with Crippen molar-refractivity contribution in [3.8, 4) is 0 Å². The van der Waals surface area contributed by atoms with E-state index in [2.05, 4.69) is 4.40 Å². The van der Waals surface area contributed by atoms with E-state index in [9.17, 15) is 8.42 Å². The van der Waals surface area contributed by atoms with Crippen molar-refractivity contribution in [3.05, 3.63) is 29.3 Å². The molecule has 0 spiro atoms. The molecule has 8 heteroatoms. The van der Waals surface area contributed by atoms with Crippen molar-refractivity contribution in [2.75, 3.05) is 13.7 Å². The van der Waals surface area contributed by atoms with Crippen LogP contribution in [-0.2, 0) is 14.8 Å². The molecule has 2 N–H and O–H groups in total. The van der Waals surface area contributed by atoms with Crippen LogP contribution in [0.1, 0.15) is 0 Å². The van der Waals surface area contributed by atoms with Crippen LogP contribution in [0.4, 0.5) is 0 Å². The number of hydrogen-bond acceptors (Lipinski definition) is 3. The maximum absolute atomic E-state index is 11.9. The number of sulfonamides is 1. The number of methoxy groups -OCH3 is 1. The number of alkyl halides is 1. The van der Waals surface area contributed by atoms with Crippen molar-refractivity contribution in [1.29, 1.82) is 0 Å². The summed E-state index contributed by atoms with van der Waals surface area (Å²) in [6, 6.07) is 5.59. The molecule has 18 heavy (non-hydrogen) atoms. The van der Waals surface area contributed by atoms with Crippen LogP contribution in [0.3, 0.4) is 0 Å². The van der Waals surface area contributed by atoms with Crippen LogP contribution in [0, 0.1) is 0 Å². The van der Waals surface area contributed by atoms with Crippen molar-refractivity contribution >= 4 is 39.1 Å². The van der Waals surface area contributed by atoms with Crippen molar-refractivity contribution < 1.29 is 13.2 Å². The minimum Gasteiger partial charge on any atom is -0.385 e. The number of hydrogen-bond donors (Lipinski definition) is 1. The van der Waals surface area contributed by atoms with Gasteiger partial charge in [-0.25, -0.2) is 0 Å². The van der Waals surface area contributed by atoms with Gasteiger partial charge in [0.25, 0.3) is 10.0 Å². The summed E-state index contributed by atoms with van der Waals surface area (Å²) in [7, 11) is -2.45. The Hall–Kier alpha value is -0.820. The predicted molar refractivity (Wildman–Crippen MR) is 71.8 cm³/mol. The molecule has 1 aromatic rings. The first-order valence-electron chi connectivity index (χ1n) is 4.85. The minimum atomic E-state index is -3.88. The lowest BCUT2D eigenvalue weighted by molar-refractivity contribution is 0.209. The zero-order chi connectivity index (χ0) is 13.8. The highest BCUT2D eigenvalue weighted by molar-refractivity contribution is 7.90. The number of halogens is 2. The van der Waals surface area contributed by atoms with Crippen molar-refractivity contribution in [3.63, 3.8) is 0 Å². The zero-order valence-electron chi connectivity index (χ0n) is 9.51. The molecule has 0 aliphatic rings. The Morgan fingerprint density at radius 3 is 2.50 bits per heavy atom. The van der Waals surface area contributed by atoms with Gasteiger partial charge in [0, 0.05) is 12.1 Å². The van der Waals surface area contributed by atoms with E-state index in [4.69, 9.17) is 33.7 Å². The molecule has 0 aliphatic carbocycles. The third kappa shape index (κ3) is 4.13. The molecule has 0 amide bonds. The highest BCUT2D eigenvalue weighted by Gasteiger charge is 2.17. The molecule has 0 heterocycles. The van der Waals surface area contributed by atoms with E-state index in [-0.39, 0.29) is 17.3 Å². The average molecular weight is 311 g/mol. The summed E-state index contributed by atoms with van der Waals surface area (Å²) in [5.41, 5.74) is 5.49. The number of benzene rings is 1. The van der Waals surface area contributed by atoms with Crippen molar-refractivity contribution in [2.24, 2.45) is 10.1 Å². The van der Waals surface area contributed by atoms with Gasteiger partial charge in [-0.15, -0.1) is 16.0 Å². The quantitative estimate of drug-likeness (QED) is 0.509. The summed E-state index contributed by atoms with van der Waals surface area (Å²) in [6.07, 6.45) is 0. The summed E-state index contributed by atoms with van der Waals surface area (Å²) >= 11 is 11.5. The highest BCUT2D eigenvalue weighted by atomic mass is 35.5. The lowest BCUT2D eigenvalue weighted by atomic mass is 10.4. The third-order valence-electron chi connectivity index (χ3n) is 1.97. The number of nitrogens with two attached hydrogens (primary N) is 1. The molecular formula is C10H12Cl2N2O3S. The SMILES string of the molecule is COC[C@H](Cl)C(N)=NS(=O)(=O)c1ccc(Cl)cc1. The Morgan fingerprint density at radius 2 is 2.00 bits per heavy atom. The first-order valence-corrected chi connectivity index (χ1v) is 7.11. The second-order valence-corrected chi connectivity index (χ2v) is 5.94. The molecule has 0 aliphatic heterocycles. The van der Waals surface area contributed by atoms with E-state index in [0.717, 1.165) is 0 Å². The highest BCUT2D eigenvalue weighted by Crippen LogP contribution is 2.16. The Balaban J connectivity index is 3.01. The topological polar surface area (TPSA) is 81.8 Å². The monoisotopic (exact) mass is 310 g/mol. The third-order valence-corrected chi connectivity index (χ3v) is 3.89. The molecule has 0 bridgehead atoms. The molecule has 1 atom stereocenters. The fraction of sp³-hybridized carbons (Fsp3) is 0.300. The standard InChI is InChI=1S/C10H12Cl2N2O3S/c1-17-6-9(12)10(13)14-18(15,16)8-4-2-7(11)3-5-8/h2-5,9H,6H2,1H3,(H2,13,14)/t9-/m0/s1. The number of amidine groups is 1. The van der Waals surface area contributed by atoms with E-state index >= 15 is 0 Å². The lowest BCUT2D eigenvalue weighted by Gasteiger charge is -2.07. The van der Waals surface area contributed by atoms with Gasteiger partial charge in [0.15, 0.2) is 0 Å². The van der Waals surface area contributed by atoms with Crippen LogP contribution in [0.5, 0.6) is 0 Å². The second-order valence-electron chi connectivity index (χ2n) is 3.37. The smallest absolute Gasteiger partial charge is 0.283 e. The first-order chi connectivity index (χ1) is 8.36. The van der Waals surface area contributed by atoms with E-state index in [0.29, 0.717) is 5.02 Å². The Kier molecular flexibility index (Phi) is 5.40. The largest absolute Gasteiger partial charge is 0.385 e. The summed E-state index contributed by atoms with van der Waals surface area (Å²) in [6.45, 7) is 0.0764. The van der Waals surface area contributed by atoms with Crippen LogP contribution in [0.2, 0.25) is 5.02 Å². The van der Waals surface area contributed by atoms with Gasteiger partial charge in [-0.05, 0) is 24.3 Å². The van der Waals surface area contributed by atoms with Crippen LogP contribution < -0.4 is 5.73 Å². The van der Waals surface area contributed by atoms with Gasteiger partial charge in [-0.2, -0.15) is 8.42 Å². The summed E-state index contributed by atoms with van der Waals surface area (Å²) in [4.78, 5) is -0.00358. The number of rotatable bonds is 5. The Morgan fingerprint density at radius 1 is 1.44 bits per heavy atom. The number of ether oxygens (including phenoxy) is 1. The van der Waals surface area contributed by atoms with Crippen LogP contribution in [0.25, 0.3) is 0 Å². The van der Waals surface area contributed by atoms with Crippen molar-refractivity contribution in [1.82, 2.24) is 0 Å². The molecule has 0 unspecified atom stereocenters. The maximum Gasteiger partial charge on any atom is 0.283 e. The van der Waals surface area contributed by atoms with E-state index in [1.807, 2.05) is 0 Å². The lowest BCUT2D eigenvalue weighted by Crippen LogP contribution is -2.29. The molecule has 0 radical (unpaired) electrons. The second kappa shape index (κ2) is 6.38. The van der Waals surface area contributed by atoms with Crippen molar-refractivity contribution in [2.45, 2.75) is 10.3 Å².